The maximum Gasteiger partial charge on any atom is 0.311 e. The summed E-state index contributed by atoms with van der Waals surface area (Å²) in [5, 5.41) is 0. The fraction of sp³-hybridized carbons (Fsp3) is 0.400. The van der Waals surface area contributed by atoms with Crippen LogP contribution in [0.1, 0.15) is 23.2 Å². The van der Waals surface area contributed by atoms with Gasteiger partial charge in [-0.2, -0.15) is 0 Å². The minimum absolute atomic E-state index is 0.00792. The number of rotatable bonds is 3. The summed E-state index contributed by atoms with van der Waals surface area (Å²) in [7, 11) is 1.19. The van der Waals surface area contributed by atoms with Gasteiger partial charge in [0.2, 0.25) is 0 Å². The van der Waals surface area contributed by atoms with Crippen molar-refractivity contribution in [1.82, 2.24) is 4.98 Å². The van der Waals surface area contributed by atoms with Gasteiger partial charge in [0.15, 0.2) is 0 Å². The molecule has 0 saturated carbocycles. The Morgan fingerprint density at radius 2 is 2.25 bits per heavy atom. The number of ether oxygens (including phenoxy) is 1. The second kappa shape index (κ2) is 4.87. The van der Waals surface area contributed by atoms with Crippen molar-refractivity contribution in [3.63, 3.8) is 0 Å². The summed E-state index contributed by atoms with van der Waals surface area (Å²) in [5.74, 6) is -0.612. The lowest BCUT2D eigenvalue weighted by Gasteiger charge is -2.11. The molecule has 2 N–H and O–H groups in total. The highest BCUT2D eigenvalue weighted by molar-refractivity contribution is 5.72. The number of nitrogen functional groups attached to an aromatic ring is 1. The number of carbonyl (C=O) groups excluding carboxylic acids is 1. The summed E-state index contributed by atoms with van der Waals surface area (Å²) in [5.41, 5.74) is 5.64. The van der Waals surface area contributed by atoms with Crippen LogP contribution in [0.15, 0.2) is 6.20 Å². The fourth-order valence-electron chi connectivity index (χ4n) is 1.33. The molecule has 6 heteroatoms. The van der Waals surface area contributed by atoms with Gasteiger partial charge in [0, 0.05) is 5.56 Å². The first-order chi connectivity index (χ1) is 7.47. The quantitative estimate of drug-likeness (QED) is 0.801. The highest BCUT2D eigenvalue weighted by Crippen LogP contribution is 2.28. The van der Waals surface area contributed by atoms with Crippen LogP contribution in [-0.4, -0.2) is 18.1 Å². The van der Waals surface area contributed by atoms with Crippen LogP contribution >= 0.6 is 0 Å². The van der Waals surface area contributed by atoms with Crippen molar-refractivity contribution in [3.05, 3.63) is 23.0 Å². The predicted molar refractivity (Wildman–Crippen MR) is 54.1 cm³/mol. The summed E-state index contributed by atoms with van der Waals surface area (Å²) in [6, 6.07) is 0. The van der Waals surface area contributed by atoms with Crippen molar-refractivity contribution in [1.29, 1.82) is 0 Å². The Hall–Kier alpha value is -1.72. The molecule has 0 aliphatic carbocycles. The summed E-state index contributed by atoms with van der Waals surface area (Å²) >= 11 is 0. The standard InChI is InChI=1S/C10H12F2N2O2/c1-5-6(13)4-14-7(3-8(15)16-2)9(5)10(11)12/h4,10H,3,13H2,1-2H3. The Balaban J connectivity index is 3.18. The van der Waals surface area contributed by atoms with Gasteiger partial charge in [-0.25, -0.2) is 8.78 Å². The number of hydrogen-bond acceptors (Lipinski definition) is 4. The van der Waals surface area contributed by atoms with E-state index in [9.17, 15) is 13.6 Å². The average Bonchev–Trinajstić information content (AvgIpc) is 2.23. The number of alkyl halides is 2. The molecule has 1 aromatic heterocycles. The fourth-order valence-corrected chi connectivity index (χ4v) is 1.33. The number of hydrogen-bond donors (Lipinski definition) is 1. The van der Waals surface area contributed by atoms with Gasteiger partial charge in [-0.15, -0.1) is 0 Å². The third-order valence-electron chi connectivity index (χ3n) is 2.27. The van der Waals surface area contributed by atoms with Gasteiger partial charge in [0.25, 0.3) is 6.43 Å². The smallest absolute Gasteiger partial charge is 0.311 e. The van der Waals surface area contributed by atoms with E-state index < -0.39 is 12.4 Å². The highest BCUT2D eigenvalue weighted by atomic mass is 19.3. The van der Waals surface area contributed by atoms with Gasteiger partial charge in [-0.05, 0) is 12.5 Å². The van der Waals surface area contributed by atoms with Gasteiger partial charge in [0.1, 0.15) is 0 Å². The molecule has 0 amide bonds. The summed E-state index contributed by atoms with van der Waals surface area (Å²) in [4.78, 5) is 14.8. The topological polar surface area (TPSA) is 65.2 Å². The molecule has 1 aromatic rings. The molecule has 0 spiro atoms. The minimum Gasteiger partial charge on any atom is -0.469 e. The normalized spacial score (nSPS) is 10.6. The van der Waals surface area contributed by atoms with E-state index in [0.717, 1.165) is 0 Å². The molecular weight excluding hydrogens is 218 g/mol. The van der Waals surface area contributed by atoms with Crippen LogP contribution in [0.3, 0.4) is 0 Å². The third-order valence-corrected chi connectivity index (χ3v) is 2.27. The van der Waals surface area contributed by atoms with Crippen molar-refractivity contribution in [2.24, 2.45) is 0 Å². The zero-order valence-corrected chi connectivity index (χ0v) is 8.96. The van der Waals surface area contributed by atoms with E-state index >= 15 is 0 Å². The van der Waals surface area contributed by atoms with Crippen LogP contribution < -0.4 is 5.73 Å². The van der Waals surface area contributed by atoms with Crippen LogP contribution in [-0.2, 0) is 16.0 Å². The Morgan fingerprint density at radius 3 is 2.75 bits per heavy atom. The van der Waals surface area contributed by atoms with Crippen molar-refractivity contribution in [3.8, 4) is 0 Å². The van der Waals surface area contributed by atoms with Crippen LogP contribution in [0.4, 0.5) is 14.5 Å². The monoisotopic (exact) mass is 230 g/mol. The SMILES string of the molecule is COC(=O)Cc1ncc(N)c(C)c1C(F)F. The van der Waals surface area contributed by atoms with Crippen molar-refractivity contribution >= 4 is 11.7 Å². The summed E-state index contributed by atoms with van der Waals surface area (Å²) in [6.45, 7) is 1.47. The number of halogens is 2. The molecule has 0 aromatic carbocycles. The summed E-state index contributed by atoms with van der Waals surface area (Å²) in [6.07, 6.45) is -1.73. The molecule has 0 fully saturated rings. The van der Waals surface area contributed by atoms with Crippen LogP contribution in [0, 0.1) is 6.92 Å². The average molecular weight is 230 g/mol. The van der Waals surface area contributed by atoms with Gasteiger partial charge in [-0.1, -0.05) is 0 Å². The maximum atomic E-state index is 12.8. The first-order valence-electron chi connectivity index (χ1n) is 4.56. The second-order valence-corrected chi connectivity index (χ2v) is 3.25. The van der Waals surface area contributed by atoms with Crippen molar-refractivity contribution < 1.29 is 18.3 Å². The van der Waals surface area contributed by atoms with Gasteiger partial charge >= 0.3 is 5.97 Å². The summed E-state index contributed by atoms with van der Waals surface area (Å²) < 4.78 is 30.0. The molecule has 0 saturated heterocycles. The zero-order chi connectivity index (χ0) is 12.3. The number of esters is 1. The van der Waals surface area contributed by atoms with E-state index in [1.54, 1.807) is 0 Å². The van der Waals surface area contributed by atoms with Crippen molar-refractivity contribution in [2.45, 2.75) is 19.8 Å². The minimum atomic E-state index is -2.71. The number of carbonyl (C=O) groups is 1. The Kier molecular flexibility index (Phi) is 3.76. The van der Waals surface area contributed by atoms with Crippen LogP contribution in [0.5, 0.6) is 0 Å². The molecule has 0 atom stereocenters. The molecule has 4 nitrogen and oxygen atoms in total. The Bertz CT molecular complexity index is 408. The molecule has 0 aliphatic rings. The number of nitrogens with zero attached hydrogens (tertiary/aromatic N) is 1. The molecule has 88 valence electrons. The lowest BCUT2D eigenvalue weighted by molar-refractivity contribution is -0.139. The van der Waals surface area contributed by atoms with E-state index in [1.165, 1.54) is 20.2 Å². The molecule has 0 aliphatic heterocycles. The number of anilines is 1. The van der Waals surface area contributed by atoms with E-state index in [2.05, 4.69) is 9.72 Å². The molecule has 0 bridgehead atoms. The molecule has 1 rings (SSSR count). The van der Waals surface area contributed by atoms with Gasteiger partial charge < -0.3 is 10.5 Å². The number of methoxy groups -OCH3 is 1. The van der Waals surface area contributed by atoms with Gasteiger partial charge in [0.05, 0.1) is 31.1 Å². The molecule has 0 radical (unpaired) electrons. The van der Waals surface area contributed by atoms with E-state index in [-0.39, 0.29) is 28.9 Å². The van der Waals surface area contributed by atoms with Crippen LogP contribution in [0.25, 0.3) is 0 Å². The first-order valence-corrected chi connectivity index (χ1v) is 4.56. The predicted octanol–water partition coefficient (Wildman–Crippen LogP) is 1.63. The Labute approximate surface area is 91.4 Å². The van der Waals surface area contributed by atoms with Gasteiger partial charge in [-0.3, -0.25) is 9.78 Å². The maximum absolute atomic E-state index is 12.8. The molecule has 0 unspecified atom stereocenters. The highest BCUT2D eigenvalue weighted by Gasteiger charge is 2.20. The van der Waals surface area contributed by atoms with E-state index in [4.69, 9.17) is 5.73 Å². The number of nitrogens with two attached hydrogens (primary N) is 1. The van der Waals surface area contributed by atoms with E-state index in [1.807, 2.05) is 0 Å². The number of pyridine rings is 1. The lowest BCUT2D eigenvalue weighted by atomic mass is 10.0. The van der Waals surface area contributed by atoms with E-state index in [0.29, 0.717) is 0 Å². The van der Waals surface area contributed by atoms with Crippen molar-refractivity contribution in [2.75, 3.05) is 12.8 Å². The lowest BCUT2D eigenvalue weighted by Crippen LogP contribution is -2.11. The zero-order valence-electron chi connectivity index (χ0n) is 8.96. The first kappa shape index (κ1) is 12.4. The number of aromatic nitrogens is 1. The Morgan fingerprint density at radius 1 is 1.62 bits per heavy atom. The molecule has 16 heavy (non-hydrogen) atoms. The second-order valence-electron chi connectivity index (χ2n) is 3.25. The van der Waals surface area contributed by atoms with Crippen LogP contribution in [0.2, 0.25) is 0 Å². The molecule has 1 heterocycles. The third kappa shape index (κ3) is 2.44. The molecular formula is C10H12F2N2O2. The largest absolute Gasteiger partial charge is 0.469 e.